The monoisotopic (exact) mass is 145 g/mol. The van der Waals surface area contributed by atoms with Crippen LogP contribution in [0.3, 0.4) is 0 Å². The predicted molar refractivity (Wildman–Crippen MR) is 36.3 cm³/mol. The zero-order valence-corrected chi connectivity index (χ0v) is 7.38. The van der Waals surface area contributed by atoms with Crippen LogP contribution < -0.4 is 5.73 Å². The summed E-state index contributed by atoms with van der Waals surface area (Å²) in [5.74, 6) is -0.968. The molecule has 5 N–H and O–H groups in total. The van der Waals surface area contributed by atoms with Gasteiger partial charge in [0.2, 0.25) is 0 Å². The quantitative estimate of drug-likeness (QED) is 0.414. The third kappa shape index (κ3) is 28.4. The average Bonchev–Trinajstić information content (AvgIpc) is 1.38. The standard InChI is InChI=1S/C2H5NO2.2Mg.H2O.4H/c3-1-2(4)5;;;;;;;/h1,3H2,(H,4,5);;;1H2;;;;/q;2*+2;;4*-1. The van der Waals surface area contributed by atoms with Gasteiger partial charge in [-0.3, -0.25) is 4.79 Å². The summed E-state index contributed by atoms with van der Waals surface area (Å²) in [5, 5.41) is 7.60. The van der Waals surface area contributed by atoms with Gasteiger partial charge >= 0.3 is 52.1 Å². The molecule has 0 spiro atoms. The summed E-state index contributed by atoms with van der Waals surface area (Å²) >= 11 is 0. The maximum atomic E-state index is 9.24. The van der Waals surface area contributed by atoms with E-state index in [0.717, 1.165) is 0 Å². The molecule has 0 saturated carbocycles. The molecule has 6 heteroatoms. The maximum Gasteiger partial charge on any atom is 2.00 e. The van der Waals surface area contributed by atoms with Crippen LogP contribution in [0.15, 0.2) is 0 Å². The summed E-state index contributed by atoms with van der Waals surface area (Å²) < 4.78 is 0. The number of carboxylic acids is 1. The molecule has 0 rings (SSSR count). The Kier molecular flexibility index (Phi) is 45.3. The second-order valence-electron chi connectivity index (χ2n) is 0.598. The molecule has 0 saturated heterocycles. The van der Waals surface area contributed by atoms with E-state index in [4.69, 9.17) is 5.11 Å². The van der Waals surface area contributed by atoms with E-state index in [1.54, 1.807) is 0 Å². The first-order valence-electron chi connectivity index (χ1n) is 1.19. The van der Waals surface area contributed by atoms with Gasteiger partial charge < -0.3 is 22.0 Å². The molecule has 0 amide bonds. The Bertz CT molecular complexity index is 61.6. The van der Waals surface area contributed by atoms with Gasteiger partial charge in [0.05, 0.1) is 6.54 Å². The van der Waals surface area contributed by atoms with E-state index < -0.39 is 5.97 Å². The molecule has 0 atom stereocenters. The summed E-state index contributed by atoms with van der Waals surface area (Å²) in [6.45, 7) is -0.278. The molecule has 0 heterocycles. The maximum absolute atomic E-state index is 9.24. The minimum absolute atomic E-state index is 0. The molecule has 0 radical (unpaired) electrons. The van der Waals surface area contributed by atoms with Crippen LogP contribution in [0.4, 0.5) is 0 Å². The van der Waals surface area contributed by atoms with Gasteiger partial charge in [0.25, 0.3) is 0 Å². The van der Waals surface area contributed by atoms with Gasteiger partial charge in [-0.2, -0.15) is 0 Å². The first kappa shape index (κ1) is 23.1. The second kappa shape index (κ2) is 15.7. The van der Waals surface area contributed by atoms with E-state index in [2.05, 4.69) is 5.73 Å². The van der Waals surface area contributed by atoms with E-state index in [-0.39, 0.29) is 63.8 Å². The van der Waals surface area contributed by atoms with Crippen molar-refractivity contribution in [2.45, 2.75) is 0 Å². The van der Waals surface area contributed by atoms with Gasteiger partial charge in [0.1, 0.15) is 0 Å². The van der Waals surface area contributed by atoms with E-state index in [9.17, 15) is 4.79 Å². The SMILES string of the molecule is NCC(=O)O.O.[H-].[H-].[H-].[H-].[Mg+2].[Mg+2]. The molecule has 0 aliphatic heterocycles. The summed E-state index contributed by atoms with van der Waals surface area (Å²) in [4.78, 5) is 9.24. The van der Waals surface area contributed by atoms with Gasteiger partial charge in [-0.05, 0) is 0 Å². The molecule has 0 bridgehead atoms. The largest absolute Gasteiger partial charge is 2.00 e. The second-order valence-corrected chi connectivity index (χ2v) is 0.598. The van der Waals surface area contributed by atoms with Crippen LogP contribution in [0.1, 0.15) is 5.71 Å². The zero-order chi connectivity index (χ0) is 4.28. The minimum atomic E-state index is -0.968. The fraction of sp³-hybridized carbons (Fsp3) is 0.500. The van der Waals surface area contributed by atoms with Crippen LogP contribution in [-0.4, -0.2) is 69.2 Å². The molecule has 0 aliphatic rings. The van der Waals surface area contributed by atoms with E-state index in [1.165, 1.54) is 0 Å². The fourth-order valence-electron chi connectivity index (χ4n) is 0. The normalized spacial score (nSPS) is 4.62. The van der Waals surface area contributed by atoms with Gasteiger partial charge in [-0.25, -0.2) is 0 Å². The summed E-state index contributed by atoms with van der Waals surface area (Å²) in [6, 6.07) is 0. The first-order chi connectivity index (χ1) is 2.27. The molecule has 46 valence electrons. The van der Waals surface area contributed by atoms with Gasteiger partial charge in [0, 0.05) is 0 Å². The number of carbonyl (C=O) groups is 1. The van der Waals surface area contributed by atoms with E-state index in [0.29, 0.717) is 0 Å². The Morgan fingerprint density at radius 2 is 1.75 bits per heavy atom. The first-order valence-corrected chi connectivity index (χ1v) is 1.19. The number of hydrogen-bond donors (Lipinski definition) is 2. The number of nitrogens with two attached hydrogens (primary N) is 1. The third-order valence-corrected chi connectivity index (χ3v) is 0.175. The minimum Gasteiger partial charge on any atom is -1.00 e. The Balaban J connectivity index is -0.00000000381. The van der Waals surface area contributed by atoms with Crippen LogP contribution in [0.5, 0.6) is 0 Å². The number of carboxylic acid groups (broad SMARTS) is 1. The molecule has 4 nitrogen and oxygen atoms in total. The van der Waals surface area contributed by atoms with Crippen molar-refractivity contribution < 1.29 is 21.1 Å². The van der Waals surface area contributed by atoms with Crippen molar-refractivity contribution in [3.63, 3.8) is 0 Å². The third-order valence-electron chi connectivity index (χ3n) is 0.175. The van der Waals surface area contributed by atoms with Crippen LogP contribution >= 0.6 is 0 Å². The molecular weight excluding hydrogens is 135 g/mol. The summed E-state index contributed by atoms with van der Waals surface area (Å²) in [7, 11) is 0. The van der Waals surface area contributed by atoms with Crippen molar-refractivity contribution in [1.82, 2.24) is 0 Å². The fourth-order valence-corrected chi connectivity index (χ4v) is 0. The number of hydrogen-bond acceptors (Lipinski definition) is 2. The van der Waals surface area contributed by atoms with Crippen molar-refractivity contribution in [3.8, 4) is 0 Å². The topological polar surface area (TPSA) is 94.8 Å². The van der Waals surface area contributed by atoms with Crippen molar-refractivity contribution in [2.75, 3.05) is 6.54 Å². The van der Waals surface area contributed by atoms with Crippen molar-refractivity contribution in [2.24, 2.45) is 5.73 Å². The van der Waals surface area contributed by atoms with Crippen LogP contribution in [0.2, 0.25) is 0 Å². The van der Waals surface area contributed by atoms with Crippen LogP contribution in [0, 0.1) is 0 Å². The summed E-state index contributed by atoms with van der Waals surface area (Å²) in [5.41, 5.74) is 4.57. The Labute approximate surface area is 85.4 Å². The molecule has 0 aromatic heterocycles. The van der Waals surface area contributed by atoms with Crippen LogP contribution in [-0.2, 0) is 4.79 Å². The molecule has 0 aromatic carbocycles. The predicted octanol–water partition coefficient (Wildman–Crippen LogP) is -2.11. The van der Waals surface area contributed by atoms with Gasteiger partial charge in [-0.15, -0.1) is 0 Å². The molecule has 0 fully saturated rings. The van der Waals surface area contributed by atoms with E-state index >= 15 is 0 Å². The van der Waals surface area contributed by atoms with Gasteiger partial charge in [0.15, 0.2) is 0 Å². The van der Waals surface area contributed by atoms with Crippen molar-refractivity contribution in [3.05, 3.63) is 0 Å². The Morgan fingerprint density at radius 3 is 1.75 bits per heavy atom. The average molecular weight is 146 g/mol. The molecule has 0 unspecified atom stereocenters. The zero-order valence-electron chi connectivity index (χ0n) is 8.55. The van der Waals surface area contributed by atoms with Crippen molar-refractivity contribution in [1.29, 1.82) is 0 Å². The summed E-state index contributed by atoms with van der Waals surface area (Å²) in [6.07, 6.45) is 0. The Hall–Kier alpha value is 0.922. The molecular formula is C2H11Mg2NO3. The molecule has 8 heavy (non-hydrogen) atoms. The Morgan fingerprint density at radius 1 is 1.62 bits per heavy atom. The molecule has 0 aromatic rings. The van der Waals surface area contributed by atoms with Gasteiger partial charge in [-0.1, -0.05) is 0 Å². The van der Waals surface area contributed by atoms with E-state index in [1.807, 2.05) is 0 Å². The number of rotatable bonds is 1. The number of aliphatic carboxylic acids is 1. The van der Waals surface area contributed by atoms with Crippen LogP contribution in [0.25, 0.3) is 0 Å². The molecule has 0 aliphatic carbocycles. The smallest absolute Gasteiger partial charge is 1.00 e. The van der Waals surface area contributed by atoms with Crippen molar-refractivity contribution >= 4 is 52.1 Å².